The Morgan fingerprint density at radius 3 is 2.50 bits per heavy atom. The fourth-order valence-electron chi connectivity index (χ4n) is 2.26. The summed E-state index contributed by atoms with van der Waals surface area (Å²) in [5.41, 5.74) is 2.03. The van der Waals surface area contributed by atoms with Gasteiger partial charge < -0.3 is 5.32 Å². The lowest BCUT2D eigenvalue weighted by molar-refractivity contribution is -0.384. The van der Waals surface area contributed by atoms with E-state index in [2.05, 4.69) is 19.2 Å². The number of benzene rings is 2. The van der Waals surface area contributed by atoms with Crippen molar-refractivity contribution in [3.8, 4) is 0 Å². The number of carbonyl (C=O) groups is 1. The summed E-state index contributed by atoms with van der Waals surface area (Å²) in [6.07, 6.45) is 1.00. The fraction of sp³-hybridized carbons (Fsp3) is 0.278. The molecule has 24 heavy (non-hydrogen) atoms. The van der Waals surface area contributed by atoms with Crippen molar-refractivity contribution in [2.24, 2.45) is 0 Å². The lowest BCUT2D eigenvalue weighted by atomic mass is 9.97. The Bertz CT molecular complexity index is 716. The molecule has 0 spiro atoms. The van der Waals surface area contributed by atoms with Crippen molar-refractivity contribution in [1.82, 2.24) is 0 Å². The summed E-state index contributed by atoms with van der Waals surface area (Å²) in [4.78, 5) is 23.2. The average Bonchev–Trinajstić information content (AvgIpc) is 2.60. The fourth-order valence-corrected chi connectivity index (χ4v) is 2.96. The van der Waals surface area contributed by atoms with Crippen LogP contribution in [0, 0.1) is 10.1 Å². The SMILES string of the molecule is CC[C@@H](C)c1ccccc1NC(=O)CSc1ccc([N+](=O)[O-])cc1. The normalized spacial score (nSPS) is 11.8. The molecule has 0 bridgehead atoms. The number of hydrogen-bond donors (Lipinski definition) is 1. The molecule has 1 N–H and O–H groups in total. The number of amides is 1. The molecule has 0 aliphatic carbocycles. The second kappa shape index (κ2) is 8.49. The van der Waals surface area contributed by atoms with E-state index in [4.69, 9.17) is 0 Å². The molecule has 2 aromatic carbocycles. The van der Waals surface area contributed by atoms with Crippen molar-refractivity contribution < 1.29 is 9.72 Å². The van der Waals surface area contributed by atoms with Crippen molar-refractivity contribution in [3.63, 3.8) is 0 Å². The Morgan fingerprint density at radius 2 is 1.88 bits per heavy atom. The van der Waals surface area contributed by atoms with Gasteiger partial charge in [-0.3, -0.25) is 14.9 Å². The molecule has 0 fully saturated rings. The monoisotopic (exact) mass is 344 g/mol. The summed E-state index contributed by atoms with van der Waals surface area (Å²) in [6.45, 7) is 4.25. The number of anilines is 1. The molecule has 0 heterocycles. The number of para-hydroxylation sites is 1. The molecule has 2 rings (SSSR count). The quantitative estimate of drug-likeness (QED) is 0.443. The van der Waals surface area contributed by atoms with Crippen molar-refractivity contribution in [3.05, 3.63) is 64.2 Å². The van der Waals surface area contributed by atoms with Crippen LogP contribution in [0.5, 0.6) is 0 Å². The predicted octanol–water partition coefficient (Wildman–Crippen LogP) is 4.84. The van der Waals surface area contributed by atoms with Crippen LogP contribution < -0.4 is 5.32 Å². The maximum atomic E-state index is 12.2. The van der Waals surface area contributed by atoms with Gasteiger partial charge in [-0.2, -0.15) is 0 Å². The number of thioether (sulfide) groups is 1. The summed E-state index contributed by atoms with van der Waals surface area (Å²) in [7, 11) is 0. The lowest BCUT2D eigenvalue weighted by Gasteiger charge is -2.15. The second-order valence-corrected chi connectivity index (χ2v) is 6.53. The zero-order valence-electron chi connectivity index (χ0n) is 13.7. The molecule has 5 nitrogen and oxygen atoms in total. The molecule has 0 radical (unpaired) electrons. The van der Waals surface area contributed by atoms with Crippen LogP contribution in [0.1, 0.15) is 31.7 Å². The van der Waals surface area contributed by atoms with E-state index in [1.165, 1.54) is 23.9 Å². The molecule has 126 valence electrons. The third-order valence-corrected chi connectivity index (χ3v) is 4.81. The minimum Gasteiger partial charge on any atom is -0.325 e. The molecule has 0 aromatic heterocycles. The van der Waals surface area contributed by atoms with Crippen LogP contribution in [0.3, 0.4) is 0 Å². The van der Waals surface area contributed by atoms with Crippen LogP contribution in [-0.2, 0) is 4.79 Å². The van der Waals surface area contributed by atoms with E-state index in [0.29, 0.717) is 5.92 Å². The number of rotatable bonds is 7. The number of nitrogens with zero attached hydrogens (tertiary/aromatic N) is 1. The zero-order chi connectivity index (χ0) is 17.5. The van der Waals surface area contributed by atoms with Crippen molar-refractivity contribution in [2.75, 3.05) is 11.1 Å². The molecule has 6 heteroatoms. The molecule has 0 saturated carbocycles. The highest BCUT2D eigenvalue weighted by Crippen LogP contribution is 2.27. The van der Waals surface area contributed by atoms with E-state index < -0.39 is 4.92 Å². The molecule has 0 saturated heterocycles. The minimum absolute atomic E-state index is 0.0475. The molecule has 2 aromatic rings. The van der Waals surface area contributed by atoms with E-state index in [-0.39, 0.29) is 17.3 Å². The standard InChI is InChI=1S/C18H20N2O3S/c1-3-13(2)16-6-4-5-7-17(16)19-18(21)12-24-15-10-8-14(9-11-15)20(22)23/h4-11,13H,3,12H2,1-2H3,(H,19,21)/t13-/m1/s1. The summed E-state index contributed by atoms with van der Waals surface area (Å²) in [5.74, 6) is 0.546. The number of nitro groups is 1. The Labute approximate surface area is 145 Å². The van der Waals surface area contributed by atoms with Crippen LogP contribution in [0.2, 0.25) is 0 Å². The van der Waals surface area contributed by atoms with Gasteiger partial charge in [-0.05, 0) is 36.1 Å². The highest BCUT2D eigenvalue weighted by Gasteiger charge is 2.11. The zero-order valence-corrected chi connectivity index (χ0v) is 14.5. The van der Waals surface area contributed by atoms with Crippen LogP contribution in [0.15, 0.2) is 53.4 Å². The Hall–Kier alpha value is -2.34. The predicted molar refractivity (Wildman–Crippen MR) is 97.6 cm³/mol. The van der Waals surface area contributed by atoms with Gasteiger partial charge in [0, 0.05) is 22.7 Å². The molecule has 0 unspecified atom stereocenters. The third kappa shape index (κ3) is 4.83. The van der Waals surface area contributed by atoms with E-state index >= 15 is 0 Å². The van der Waals surface area contributed by atoms with Gasteiger partial charge in [-0.1, -0.05) is 32.0 Å². The first kappa shape index (κ1) is 18.0. The van der Waals surface area contributed by atoms with Crippen LogP contribution >= 0.6 is 11.8 Å². The Kier molecular flexibility index (Phi) is 6.37. The van der Waals surface area contributed by atoms with Gasteiger partial charge >= 0.3 is 0 Å². The largest absolute Gasteiger partial charge is 0.325 e. The van der Waals surface area contributed by atoms with Crippen molar-refractivity contribution in [2.45, 2.75) is 31.1 Å². The van der Waals surface area contributed by atoms with Crippen molar-refractivity contribution >= 4 is 29.0 Å². The maximum absolute atomic E-state index is 12.2. The van der Waals surface area contributed by atoms with Gasteiger partial charge in [0.25, 0.3) is 5.69 Å². The van der Waals surface area contributed by atoms with E-state index in [1.54, 1.807) is 12.1 Å². The topological polar surface area (TPSA) is 72.2 Å². The van der Waals surface area contributed by atoms with Gasteiger partial charge in [0.2, 0.25) is 5.91 Å². The number of carbonyl (C=O) groups excluding carboxylic acids is 1. The summed E-state index contributed by atoms with van der Waals surface area (Å²) in [5, 5.41) is 13.6. The second-order valence-electron chi connectivity index (χ2n) is 5.48. The molecule has 0 aliphatic rings. The van der Waals surface area contributed by atoms with Gasteiger partial charge in [0.15, 0.2) is 0 Å². The first-order chi connectivity index (χ1) is 11.5. The maximum Gasteiger partial charge on any atom is 0.269 e. The van der Waals surface area contributed by atoms with E-state index in [9.17, 15) is 14.9 Å². The van der Waals surface area contributed by atoms with Gasteiger partial charge in [0.1, 0.15) is 0 Å². The number of hydrogen-bond acceptors (Lipinski definition) is 4. The van der Waals surface area contributed by atoms with E-state index in [0.717, 1.165) is 22.6 Å². The van der Waals surface area contributed by atoms with E-state index in [1.807, 2.05) is 24.3 Å². The first-order valence-electron chi connectivity index (χ1n) is 7.77. The average molecular weight is 344 g/mol. The summed E-state index contributed by atoms with van der Waals surface area (Å²) in [6, 6.07) is 14.0. The number of non-ortho nitro benzene ring substituents is 1. The smallest absolute Gasteiger partial charge is 0.269 e. The van der Waals surface area contributed by atoms with Gasteiger partial charge in [-0.15, -0.1) is 11.8 Å². The number of nitrogens with one attached hydrogen (secondary N) is 1. The Morgan fingerprint density at radius 1 is 1.21 bits per heavy atom. The van der Waals surface area contributed by atoms with Crippen LogP contribution in [0.25, 0.3) is 0 Å². The number of nitro benzene ring substituents is 1. The lowest BCUT2D eigenvalue weighted by Crippen LogP contribution is -2.15. The first-order valence-corrected chi connectivity index (χ1v) is 8.75. The van der Waals surface area contributed by atoms with Crippen LogP contribution in [0.4, 0.5) is 11.4 Å². The van der Waals surface area contributed by atoms with Crippen LogP contribution in [-0.4, -0.2) is 16.6 Å². The minimum atomic E-state index is -0.438. The molecular weight excluding hydrogens is 324 g/mol. The summed E-state index contributed by atoms with van der Waals surface area (Å²) < 4.78 is 0. The molecular formula is C18H20N2O3S. The van der Waals surface area contributed by atoms with Gasteiger partial charge in [-0.25, -0.2) is 0 Å². The molecule has 1 amide bonds. The highest BCUT2D eigenvalue weighted by molar-refractivity contribution is 8.00. The molecule has 1 atom stereocenters. The van der Waals surface area contributed by atoms with Crippen molar-refractivity contribution in [1.29, 1.82) is 0 Å². The molecule has 0 aliphatic heterocycles. The Balaban J connectivity index is 1.95. The van der Waals surface area contributed by atoms with Gasteiger partial charge in [0.05, 0.1) is 10.7 Å². The highest BCUT2D eigenvalue weighted by atomic mass is 32.2. The third-order valence-electron chi connectivity index (χ3n) is 3.80. The summed E-state index contributed by atoms with van der Waals surface area (Å²) >= 11 is 1.35.